The number of aromatic nitrogens is 2. The molecule has 0 aliphatic heterocycles. The topological polar surface area (TPSA) is 110 Å². The number of imidazole rings is 1. The Morgan fingerprint density at radius 1 is 1.28 bits per heavy atom. The predicted molar refractivity (Wildman–Crippen MR) is 103 cm³/mol. The molecule has 1 aliphatic carbocycles. The number of carbonyl (C=O) groups is 1. The Bertz CT molecular complexity index is 937. The largest absolute Gasteiger partial charge is 0.434 e. The average molecular weight is 409 g/mol. The molecule has 0 atom stereocenters. The van der Waals surface area contributed by atoms with Gasteiger partial charge in [-0.3, -0.25) is 14.6 Å². The first-order chi connectivity index (χ1) is 13.7. The van der Waals surface area contributed by atoms with Crippen molar-refractivity contribution in [3.8, 4) is 0 Å². The van der Waals surface area contributed by atoms with E-state index in [1.807, 2.05) is 0 Å². The molecule has 2 aromatic heterocycles. The van der Waals surface area contributed by atoms with Crippen LogP contribution in [0.5, 0.6) is 0 Å². The zero-order chi connectivity index (χ0) is 21.2. The first-order valence-corrected chi connectivity index (χ1v) is 9.33. The second-order valence-electron chi connectivity index (χ2n) is 7.19. The molecule has 0 aromatic carbocycles. The summed E-state index contributed by atoms with van der Waals surface area (Å²) in [7, 11) is 0. The molecule has 29 heavy (non-hydrogen) atoms. The summed E-state index contributed by atoms with van der Waals surface area (Å²) in [6.45, 7) is 1.61. The highest BCUT2D eigenvalue weighted by molar-refractivity contribution is 6.11. The summed E-state index contributed by atoms with van der Waals surface area (Å²) < 4.78 is 40.2. The molecule has 0 bridgehead atoms. The molecule has 1 saturated carbocycles. The van der Waals surface area contributed by atoms with Crippen LogP contribution in [-0.4, -0.2) is 33.6 Å². The van der Waals surface area contributed by atoms with Gasteiger partial charge in [-0.2, -0.15) is 13.2 Å². The summed E-state index contributed by atoms with van der Waals surface area (Å²) in [5.41, 5.74) is 5.58. The van der Waals surface area contributed by atoms with Crippen LogP contribution in [0.4, 0.5) is 19.0 Å². The molecule has 1 amide bonds. The smallest absolute Gasteiger partial charge is 0.401 e. The summed E-state index contributed by atoms with van der Waals surface area (Å²) in [4.78, 5) is 15.9. The number of hydrogen-bond acceptors (Lipinski definition) is 4. The van der Waals surface area contributed by atoms with E-state index >= 15 is 0 Å². The van der Waals surface area contributed by atoms with Gasteiger partial charge in [-0.05, 0) is 44.7 Å². The van der Waals surface area contributed by atoms with E-state index in [2.05, 4.69) is 15.6 Å². The van der Waals surface area contributed by atoms with E-state index < -0.39 is 11.9 Å². The van der Waals surface area contributed by atoms with E-state index in [9.17, 15) is 18.0 Å². The van der Waals surface area contributed by atoms with Crippen molar-refractivity contribution in [2.75, 3.05) is 5.32 Å². The lowest BCUT2D eigenvalue weighted by Gasteiger charge is -2.30. The van der Waals surface area contributed by atoms with Crippen molar-refractivity contribution in [1.29, 1.82) is 0 Å². The number of hydrogen-bond donors (Lipinski definition) is 4. The van der Waals surface area contributed by atoms with Crippen LogP contribution in [0.15, 0.2) is 35.7 Å². The highest BCUT2D eigenvalue weighted by Gasteiger charge is 2.34. The number of nitrogens with zero attached hydrogens (tertiary/aromatic N) is 2. The minimum Gasteiger partial charge on any atom is -0.401 e. The molecule has 0 saturated heterocycles. The maximum Gasteiger partial charge on any atom is 0.434 e. The van der Waals surface area contributed by atoms with Crippen LogP contribution in [0, 0.1) is 0 Å². The van der Waals surface area contributed by atoms with Crippen LogP contribution in [-0.2, 0) is 11.0 Å². The van der Waals surface area contributed by atoms with Gasteiger partial charge in [-0.15, -0.1) is 0 Å². The van der Waals surface area contributed by atoms with Gasteiger partial charge in [0.2, 0.25) is 0 Å². The van der Waals surface area contributed by atoms with Crippen LogP contribution < -0.4 is 21.8 Å². The maximum atomic E-state index is 12.9. The van der Waals surface area contributed by atoms with Crippen LogP contribution in [0.1, 0.15) is 38.3 Å². The van der Waals surface area contributed by atoms with Gasteiger partial charge < -0.3 is 16.4 Å². The van der Waals surface area contributed by atoms with Gasteiger partial charge in [0.1, 0.15) is 17.0 Å². The van der Waals surface area contributed by atoms with E-state index in [-0.39, 0.29) is 29.2 Å². The molecule has 0 spiro atoms. The lowest BCUT2D eigenvalue weighted by atomic mass is 9.91. The molecule has 156 valence electrons. The summed E-state index contributed by atoms with van der Waals surface area (Å²) in [6, 6.07) is 5.00. The number of allylic oxidation sites excluding steroid dienone is 1. The van der Waals surface area contributed by atoms with Crippen LogP contribution in [0.25, 0.3) is 5.65 Å². The normalized spacial score (nSPS) is 20.8. The van der Waals surface area contributed by atoms with Crippen molar-refractivity contribution in [1.82, 2.24) is 14.7 Å². The third kappa shape index (κ3) is 4.69. The number of halogens is 3. The average Bonchev–Trinajstić information content (AvgIpc) is 3.09. The number of anilines is 1. The molecule has 2 aromatic rings. The van der Waals surface area contributed by atoms with Crippen LogP contribution in [0.2, 0.25) is 0 Å². The Hall–Kier alpha value is -3.04. The Labute approximate surface area is 165 Å². The standard InChI is InChI=1S/C19H23F3N6O/c1-11(24)14(9-23)18(29)26-13-7-5-12(6-8-13)25-16-3-2-4-17-27-15(10-28(16)17)19(20,21)22/h2-4,9-10,12-13,23,25H,5-8,24H2,1H3,(H,26,29)/p+1/b14-11+,23-9?. The van der Waals surface area contributed by atoms with E-state index in [1.165, 1.54) is 16.7 Å². The number of rotatable bonds is 5. The molecule has 2 heterocycles. The zero-order valence-electron chi connectivity index (χ0n) is 16.0. The van der Waals surface area contributed by atoms with Gasteiger partial charge in [0, 0.05) is 24.0 Å². The number of amides is 1. The molecule has 6 N–H and O–H groups in total. The lowest BCUT2D eigenvalue weighted by molar-refractivity contribution is -0.140. The number of pyridine rings is 1. The van der Waals surface area contributed by atoms with Gasteiger partial charge in [0.25, 0.3) is 5.91 Å². The number of fused-ring (bicyclic) bond motifs is 1. The number of nitrogens with one attached hydrogen (secondary N) is 2. The first-order valence-electron chi connectivity index (χ1n) is 9.33. The van der Waals surface area contributed by atoms with E-state index in [0.29, 0.717) is 11.5 Å². The molecular formula is C19H24F3N6O+. The fourth-order valence-electron chi connectivity index (χ4n) is 3.51. The van der Waals surface area contributed by atoms with Crippen LogP contribution >= 0.6 is 0 Å². The fraction of sp³-hybridized carbons (Fsp3) is 0.421. The minimum absolute atomic E-state index is 0.00396. The number of alkyl halides is 3. The SMILES string of the molecule is C/C(N)=C(/C=[NH2+])C(=O)NC1CCC(Nc2cccc3nc(C(F)(F)F)cn23)CC1. The van der Waals surface area contributed by atoms with Crippen molar-refractivity contribution in [3.63, 3.8) is 0 Å². The second kappa shape index (κ2) is 8.14. The van der Waals surface area contributed by atoms with Gasteiger partial charge >= 0.3 is 6.18 Å². The number of carbonyl (C=O) groups excluding carboxylic acids is 1. The van der Waals surface area contributed by atoms with Crippen LogP contribution in [0.3, 0.4) is 0 Å². The molecule has 1 aliphatic rings. The summed E-state index contributed by atoms with van der Waals surface area (Å²) in [5, 5.41) is 11.7. The van der Waals surface area contributed by atoms with Gasteiger partial charge in [0.15, 0.2) is 11.9 Å². The summed E-state index contributed by atoms with van der Waals surface area (Å²) in [6.07, 6.45) is 0.686. The Morgan fingerprint density at radius 2 is 1.93 bits per heavy atom. The molecule has 0 unspecified atom stereocenters. The fourth-order valence-corrected chi connectivity index (χ4v) is 3.51. The molecule has 7 nitrogen and oxygen atoms in total. The van der Waals surface area contributed by atoms with Gasteiger partial charge in [-0.1, -0.05) is 6.07 Å². The highest BCUT2D eigenvalue weighted by Crippen LogP contribution is 2.30. The molecule has 0 radical (unpaired) electrons. The van der Waals surface area contributed by atoms with Crippen molar-refractivity contribution in [2.45, 2.75) is 50.9 Å². The summed E-state index contributed by atoms with van der Waals surface area (Å²) >= 11 is 0. The van der Waals surface area contributed by atoms with Gasteiger partial charge in [0.05, 0.1) is 0 Å². The van der Waals surface area contributed by atoms with Crippen molar-refractivity contribution < 1.29 is 23.4 Å². The Kier molecular flexibility index (Phi) is 5.81. The third-order valence-electron chi connectivity index (χ3n) is 5.03. The second-order valence-corrected chi connectivity index (χ2v) is 7.19. The van der Waals surface area contributed by atoms with E-state index in [1.54, 1.807) is 19.1 Å². The minimum atomic E-state index is -4.49. The molecular weight excluding hydrogens is 385 g/mol. The monoisotopic (exact) mass is 409 g/mol. The lowest BCUT2D eigenvalue weighted by Crippen LogP contribution is -2.43. The van der Waals surface area contributed by atoms with Crippen molar-refractivity contribution >= 4 is 23.6 Å². The maximum absolute atomic E-state index is 12.9. The number of nitrogens with two attached hydrogens (primary N) is 2. The summed E-state index contributed by atoms with van der Waals surface area (Å²) in [5.74, 6) is 0.256. The van der Waals surface area contributed by atoms with Crippen molar-refractivity contribution in [2.24, 2.45) is 5.73 Å². The van der Waals surface area contributed by atoms with Gasteiger partial charge in [-0.25, -0.2) is 4.98 Å². The molecule has 1 fully saturated rings. The first kappa shape index (κ1) is 20.7. The Morgan fingerprint density at radius 3 is 2.52 bits per heavy atom. The molecule has 10 heteroatoms. The Balaban J connectivity index is 1.63. The van der Waals surface area contributed by atoms with E-state index in [0.717, 1.165) is 31.9 Å². The third-order valence-corrected chi connectivity index (χ3v) is 5.03. The predicted octanol–water partition coefficient (Wildman–Crippen LogP) is 1.25. The highest BCUT2D eigenvalue weighted by atomic mass is 19.4. The zero-order valence-corrected chi connectivity index (χ0v) is 16.0. The van der Waals surface area contributed by atoms with Crippen molar-refractivity contribution in [3.05, 3.63) is 41.4 Å². The van der Waals surface area contributed by atoms with E-state index in [4.69, 9.17) is 11.1 Å². The molecule has 3 rings (SSSR count). The quantitative estimate of drug-likeness (QED) is 0.440.